The minimum absolute atomic E-state index is 0.538. The lowest BCUT2D eigenvalue weighted by Crippen LogP contribution is -2.43. The summed E-state index contributed by atoms with van der Waals surface area (Å²) in [7, 11) is 0. The van der Waals surface area contributed by atoms with Crippen molar-refractivity contribution in [1.82, 2.24) is 20.0 Å². The monoisotopic (exact) mass is 301 g/mol. The number of pyridine rings is 1. The molecule has 0 unspecified atom stereocenters. The number of anilines is 1. The van der Waals surface area contributed by atoms with Crippen LogP contribution in [0.4, 0.5) is 5.82 Å². The maximum atomic E-state index is 5.21. The molecule has 0 aromatic carbocycles. The lowest BCUT2D eigenvalue weighted by Gasteiger charge is -2.35. The molecule has 6 heteroatoms. The van der Waals surface area contributed by atoms with Gasteiger partial charge in [-0.15, -0.1) is 0 Å². The standard InChI is InChI=1S/C16H23N5O/c1-3-21-9-5-4-6-14(21)11-18-15-10-13(7-8-17-15)16-19-12(2)20-22-16/h7-8,10,14H,3-6,9,11H2,1-2H3,(H,17,18)/t14-/m1/s1. The van der Waals surface area contributed by atoms with Crippen molar-refractivity contribution in [2.75, 3.05) is 25.0 Å². The second-order valence-corrected chi connectivity index (χ2v) is 5.74. The SMILES string of the molecule is CCN1CCCC[C@@H]1CNc1cc(-c2nc(C)no2)ccn1. The topological polar surface area (TPSA) is 67.1 Å². The molecule has 1 aliphatic heterocycles. The van der Waals surface area contributed by atoms with Gasteiger partial charge in [0.05, 0.1) is 0 Å². The average Bonchev–Trinajstić information content (AvgIpc) is 3.00. The van der Waals surface area contributed by atoms with Gasteiger partial charge in [-0.3, -0.25) is 4.90 Å². The highest BCUT2D eigenvalue weighted by molar-refractivity contribution is 5.57. The molecule has 2 aromatic rings. The van der Waals surface area contributed by atoms with Crippen LogP contribution < -0.4 is 5.32 Å². The van der Waals surface area contributed by atoms with E-state index >= 15 is 0 Å². The van der Waals surface area contributed by atoms with Crippen LogP contribution in [0.3, 0.4) is 0 Å². The smallest absolute Gasteiger partial charge is 0.258 e. The predicted molar refractivity (Wildman–Crippen MR) is 85.6 cm³/mol. The summed E-state index contributed by atoms with van der Waals surface area (Å²) < 4.78 is 5.21. The van der Waals surface area contributed by atoms with Crippen molar-refractivity contribution in [3.05, 3.63) is 24.2 Å². The van der Waals surface area contributed by atoms with E-state index in [0.717, 1.165) is 24.5 Å². The number of hydrogen-bond acceptors (Lipinski definition) is 6. The number of nitrogens with zero attached hydrogens (tertiary/aromatic N) is 4. The van der Waals surface area contributed by atoms with Crippen LogP contribution in [-0.2, 0) is 0 Å². The minimum Gasteiger partial charge on any atom is -0.368 e. The number of aromatic nitrogens is 3. The number of hydrogen-bond donors (Lipinski definition) is 1. The Hall–Kier alpha value is -1.95. The fourth-order valence-electron chi connectivity index (χ4n) is 3.00. The van der Waals surface area contributed by atoms with Crippen LogP contribution in [0.25, 0.3) is 11.5 Å². The molecule has 1 saturated heterocycles. The summed E-state index contributed by atoms with van der Waals surface area (Å²) in [5.74, 6) is 2.04. The van der Waals surface area contributed by atoms with E-state index < -0.39 is 0 Å². The summed E-state index contributed by atoms with van der Waals surface area (Å²) in [6.45, 7) is 7.29. The van der Waals surface area contributed by atoms with Gasteiger partial charge in [0.15, 0.2) is 5.82 Å². The van der Waals surface area contributed by atoms with E-state index in [-0.39, 0.29) is 0 Å². The number of rotatable bonds is 5. The normalized spacial score (nSPS) is 19.3. The molecule has 1 fully saturated rings. The molecule has 6 nitrogen and oxygen atoms in total. The number of nitrogens with one attached hydrogen (secondary N) is 1. The maximum absolute atomic E-state index is 5.21. The first kappa shape index (κ1) is 15.0. The van der Waals surface area contributed by atoms with Crippen molar-refractivity contribution in [3.63, 3.8) is 0 Å². The second-order valence-electron chi connectivity index (χ2n) is 5.74. The summed E-state index contributed by atoms with van der Waals surface area (Å²) in [5.41, 5.74) is 0.897. The van der Waals surface area contributed by atoms with Crippen LogP contribution in [0.15, 0.2) is 22.9 Å². The molecule has 3 rings (SSSR count). The van der Waals surface area contributed by atoms with Crippen LogP contribution in [0.1, 0.15) is 32.0 Å². The Bertz CT molecular complexity index is 612. The van der Waals surface area contributed by atoms with E-state index in [0.29, 0.717) is 17.8 Å². The number of aryl methyl sites for hydroxylation is 1. The van der Waals surface area contributed by atoms with Gasteiger partial charge in [0.25, 0.3) is 5.89 Å². The molecular weight excluding hydrogens is 278 g/mol. The van der Waals surface area contributed by atoms with E-state index in [4.69, 9.17) is 4.52 Å². The van der Waals surface area contributed by atoms with Gasteiger partial charge >= 0.3 is 0 Å². The van der Waals surface area contributed by atoms with Gasteiger partial charge < -0.3 is 9.84 Å². The molecule has 0 saturated carbocycles. The fraction of sp³-hybridized carbons (Fsp3) is 0.562. The van der Waals surface area contributed by atoms with Crippen molar-refractivity contribution >= 4 is 5.82 Å². The summed E-state index contributed by atoms with van der Waals surface area (Å²) in [4.78, 5) is 11.2. The zero-order valence-corrected chi connectivity index (χ0v) is 13.2. The zero-order chi connectivity index (χ0) is 15.4. The van der Waals surface area contributed by atoms with E-state index in [1.54, 1.807) is 6.20 Å². The molecule has 0 spiro atoms. The molecule has 1 N–H and O–H groups in total. The molecule has 1 aliphatic rings. The molecule has 0 radical (unpaired) electrons. The first-order valence-corrected chi connectivity index (χ1v) is 8.01. The van der Waals surface area contributed by atoms with Crippen molar-refractivity contribution in [2.45, 2.75) is 39.2 Å². The third kappa shape index (κ3) is 3.44. The molecule has 3 heterocycles. The van der Waals surface area contributed by atoms with Gasteiger partial charge in [-0.25, -0.2) is 4.98 Å². The van der Waals surface area contributed by atoms with E-state index in [1.165, 1.54) is 25.8 Å². The predicted octanol–water partition coefficient (Wildman–Crippen LogP) is 2.73. The first-order chi connectivity index (χ1) is 10.8. The maximum Gasteiger partial charge on any atom is 0.258 e. The van der Waals surface area contributed by atoms with E-state index in [2.05, 4.69) is 32.3 Å². The highest BCUT2D eigenvalue weighted by atomic mass is 16.5. The van der Waals surface area contributed by atoms with Crippen LogP contribution in [-0.4, -0.2) is 45.7 Å². The molecule has 118 valence electrons. The van der Waals surface area contributed by atoms with E-state index in [9.17, 15) is 0 Å². The lowest BCUT2D eigenvalue weighted by molar-refractivity contribution is 0.164. The molecular formula is C16H23N5O. The third-order valence-corrected chi connectivity index (χ3v) is 4.21. The number of likely N-dealkylation sites (N-methyl/N-ethyl adjacent to an activating group) is 1. The molecule has 2 aromatic heterocycles. The van der Waals surface area contributed by atoms with Gasteiger partial charge in [-0.05, 0) is 45.0 Å². The van der Waals surface area contributed by atoms with Crippen molar-refractivity contribution in [2.24, 2.45) is 0 Å². The molecule has 1 atom stereocenters. The highest BCUT2D eigenvalue weighted by Gasteiger charge is 2.20. The minimum atomic E-state index is 0.538. The van der Waals surface area contributed by atoms with Gasteiger partial charge in [-0.2, -0.15) is 4.98 Å². The Morgan fingerprint density at radius 3 is 3.09 bits per heavy atom. The zero-order valence-electron chi connectivity index (χ0n) is 13.2. The molecule has 0 bridgehead atoms. The summed E-state index contributed by atoms with van der Waals surface area (Å²) in [5, 5.41) is 7.28. The fourth-order valence-corrected chi connectivity index (χ4v) is 3.00. The van der Waals surface area contributed by atoms with Crippen LogP contribution in [0.5, 0.6) is 0 Å². The van der Waals surface area contributed by atoms with Crippen LogP contribution in [0, 0.1) is 6.92 Å². The molecule has 0 amide bonds. The largest absolute Gasteiger partial charge is 0.368 e. The Kier molecular flexibility index (Phi) is 4.68. The highest BCUT2D eigenvalue weighted by Crippen LogP contribution is 2.20. The third-order valence-electron chi connectivity index (χ3n) is 4.21. The number of likely N-dealkylation sites (tertiary alicyclic amines) is 1. The Morgan fingerprint density at radius 1 is 1.41 bits per heavy atom. The van der Waals surface area contributed by atoms with E-state index in [1.807, 2.05) is 19.1 Å². The van der Waals surface area contributed by atoms with Gasteiger partial charge in [-0.1, -0.05) is 18.5 Å². The van der Waals surface area contributed by atoms with Crippen LogP contribution in [0.2, 0.25) is 0 Å². The average molecular weight is 301 g/mol. The van der Waals surface area contributed by atoms with Crippen molar-refractivity contribution < 1.29 is 4.52 Å². The summed E-state index contributed by atoms with van der Waals surface area (Å²) >= 11 is 0. The lowest BCUT2D eigenvalue weighted by atomic mass is 10.0. The summed E-state index contributed by atoms with van der Waals surface area (Å²) in [6.07, 6.45) is 5.66. The number of piperidine rings is 1. The van der Waals surface area contributed by atoms with Gasteiger partial charge in [0, 0.05) is 24.3 Å². The van der Waals surface area contributed by atoms with Crippen molar-refractivity contribution in [3.8, 4) is 11.5 Å². The van der Waals surface area contributed by atoms with Gasteiger partial charge in [0.1, 0.15) is 5.82 Å². The van der Waals surface area contributed by atoms with Crippen LogP contribution >= 0.6 is 0 Å². The quantitative estimate of drug-likeness (QED) is 0.916. The molecule has 22 heavy (non-hydrogen) atoms. The van der Waals surface area contributed by atoms with Gasteiger partial charge in [0.2, 0.25) is 0 Å². The van der Waals surface area contributed by atoms with Crippen molar-refractivity contribution in [1.29, 1.82) is 0 Å². The molecule has 0 aliphatic carbocycles. The second kappa shape index (κ2) is 6.87. The Labute approximate surface area is 130 Å². The Morgan fingerprint density at radius 2 is 2.32 bits per heavy atom. The first-order valence-electron chi connectivity index (χ1n) is 8.01. The Balaban J connectivity index is 1.65. The summed E-state index contributed by atoms with van der Waals surface area (Å²) in [6, 6.07) is 4.44.